The molecular formula is C40H79N2+. The second kappa shape index (κ2) is 30.2. The molecule has 0 bridgehead atoms. The van der Waals surface area contributed by atoms with Crippen LogP contribution in [0.25, 0.3) is 0 Å². The van der Waals surface area contributed by atoms with Gasteiger partial charge in [-0.1, -0.05) is 194 Å². The fourth-order valence-electron chi connectivity index (χ4n) is 6.96. The normalized spacial score (nSPS) is 13.1. The number of H-pyrrole nitrogens is 1. The van der Waals surface area contributed by atoms with E-state index in [0.29, 0.717) is 12.0 Å². The van der Waals surface area contributed by atoms with Crippen LogP contribution >= 0.6 is 0 Å². The van der Waals surface area contributed by atoms with Gasteiger partial charge in [0.25, 0.3) is 5.82 Å². The van der Waals surface area contributed by atoms with Crippen LogP contribution in [0.2, 0.25) is 0 Å². The summed E-state index contributed by atoms with van der Waals surface area (Å²) in [6, 6.07) is 0.620. The number of hydrogen-bond acceptors (Lipinski definition) is 0. The third-order valence-electron chi connectivity index (χ3n) is 9.89. The van der Waals surface area contributed by atoms with E-state index in [-0.39, 0.29) is 0 Å². The molecule has 1 aromatic heterocycles. The van der Waals surface area contributed by atoms with Gasteiger partial charge in [0.2, 0.25) is 0 Å². The van der Waals surface area contributed by atoms with Crippen molar-refractivity contribution >= 4 is 0 Å². The van der Waals surface area contributed by atoms with Crippen molar-refractivity contribution in [2.45, 2.75) is 239 Å². The predicted octanol–water partition coefficient (Wildman–Crippen LogP) is 14.1. The van der Waals surface area contributed by atoms with Crippen molar-refractivity contribution in [2.75, 3.05) is 0 Å². The number of nitrogens with zero attached hydrogens (tertiary/aromatic N) is 1. The van der Waals surface area contributed by atoms with Gasteiger partial charge >= 0.3 is 0 Å². The molecule has 2 unspecified atom stereocenters. The summed E-state index contributed by atoms with van der Waals surface area (Å²) < 4.78 is 2.64. The first kappa shape index (κ1) is 39.2. The Morgan fingerprint density at radius 2 is 0.762 bits per heavy atom. The summed E-state index contributed by atoms with van der Waals surface area (Å²) in [6.07, 6.45) is 48.7. The zero-order valence-corrected chi connectivity index (χ0v) is 29.7. The molecule has 0 radical (unpaired) electrons. The number of aromatic nitrogens is 2. The summed E-state index contributed by atoms with van der Waals surface area (Å²) in [6.45, 7) is 9.42. The van der Waals surface area contributed by atoms with Crippen LogP contribution in [0.1, 0.15) is 245 Å². The molecule has 0 aliphatic heterocycles. The molecule has 2 heteroatoms. The van der Waals surface area contributed by atoms with Gasteiger partial charge in [-0.2, -0.15) is 0 Å². The van der Waals surface area contributed by atoms with Crippen LogP contribution in [0.3, 0.4) is 0 Å². The predicted molar refractivity (Wildman–Crippen MR) is 189 cm³/mol. The van der Waals surface area contributed by atoms with Crippen LogP contribution < -0.4 is 4.57 Å². The van der Waals surface area contributed by atoms with Crippen LogP contribution in [0.15, 0.2) is 12.4 Å². The molecule has 0 spiro atoms. The molecule has 2 atom stereocenters. The molecule has 0 amide bonds. The van der Waals surface area contributed by atoms with Crippen LogP contribution in [0.5, 0.6) is 0 Å². The smallest absolute Gasteiger partial charge is 0.247 e. The van der Waals surface area contributed by atoms with E-state index in [9.17, 15) is 0 Å². The minimum absolute atomic E-state index is 0.620. The first-order chi connectivity index (χ1) is 20.7. The van der Waals surface area contributed by atoms with Crippen LogP contribution in [-0.2, 0) is 0 Å². The van der Waals surface area contributed by atoms with Gasteiger partial charge < -0.3 is 0 Å². The van der Waals surface area contributed by atoms with E-state index in [2.05, 4.69) is 49.6 Å². The zero-order chi connectivity index (χ0) is 30.4. The van der Waals surface area contributed by atoms with Crippen molar-refractivity contribution < 1.29 is 4.57 Å². The number of nitrogens with one attached hydrogen (secondary N) is 1. The van der Waals surface area contributed by atoms with Crippen molar-refractivity contribution in [3.8, 4) is 0 Å². The van der Waals surface area contributed by atoms with Crippen molar-refractivity contribution in [3.05, 3.63) is 18.2 Å². The fourth-order valence-corrected chi connectivity index (χ4v) is 6.96. The molecule has 0 fully saturated rings. The van der Waals surface area contributed by atoms with Gasteiger partial charge in [0.05, 0.1) is 12.0 Å². The molecule has 42 heavy (non-hydrogen) atoms. The van der Waals surface area contributed by atoms with E-state index in [0.717, 1.165) is 0 Å². The van der Waals surface area contributed by atoms with Crippen LogP contribution in [0.4, 0.5) is 0 Å². The molecule has 0 aromatic carbocycles. The lowest BCUT2D eigenvalue weighted by molar-refractivity contribution is -0.727. The lowest BCUT2D eigenvalue weighted by Crippen LogP contribution is -2.41. The number of hydrogen-bond donors (Lipinski definition) is 1. The Hall–Kier alpha value is -0.790. The molecule has 1 aromatic rings. The van der Waals surface area contributed by atoms with Gasteiger partial charge in [-0.05, 0) is 32.6 Å². The molecule has 0 saturated carbocycles. The van der Waals surface area contributed by atoms with Gasteiger partial charge in [0.15, 0.2) is 0 Å². The summed E-state index contributed by atoms with van der Waals surface area (Å²) in [5, 5.41) is 0. The summed E-state index contributed by atoms with van der Waals surface area (Å²) in [7, 11) is 0. The Balaban J connectivity index is 2.41. The van der Waals surface area contributed by atoms with E-state index in [1.165, 1.54) is 205 Å². The number of unbranched alkanes of at least 4 members (excludes halogenated alkanes) is 25. The second-order valence-corrected chi connectivity index (χ2v) is 14.0. The van der Waals surface area contributed by atoms with Gasteiger partial charge in [-0.25, -0.2) is 9.55 Å². The maximum Gasteiger partial charge on any atom is 0.257 e. The Kier molecular flexibility index (Phi) is 28.3. The van der Waals surface area contributed by atoms with Crippen molar-refractivity contribution in [2.24, 2.45) is 0 Å². The monoisotopic (exact) mass is 588 g/mol. The molecule has 1 N–H and O–H groups in total. The Morgan fingerprint density at radius 1 is 0.452 bits per heavy atom. The SMILES string of the molecule is CCCCCCCCCCCCCCC(CCCCCCCCC)c1[nH]cc[n+]1C(C)CCCCCCCCCCC. The zero-order valence-electron chi connectivity index (χ0n) is 29.7. The van der Waals surface area contributed by atoms with Gasteiger partial charge in [-0.15, -0.1) is 0 Å². The minimum atomic E-state index is 0.620. The average molecular weight is 588 g/mol. The Bertz CT molecular complexity index is 650. The molecule has 2 nitrogen and oxygen atoms in total. The maximum absolute atomic E-state index is 3.75. The third-order valence-corrected chi connectivity index (χ3v) is 9.89. The number of imidazole rings is 1. The highest BCUT2D eigenvalue weighted by molar-refractivity contribution is 4.90. The molecule has 0 aliphatic rings. The number of aromatic amines is 1. The summed E-state index contributed by atoms with van der Waals surface area (Å²) in [5.41, 5.74) is 0. The third kappa shape index (κ3) is 21.8. The molecular weight excluding hydrogens is 508 g/mol. The highest BCUT2D eigenvalue weighted by atomic mass is 15.1. The lowest BCUT2D eigenvalue weighted by atomic mass is 9.92. The lowest BCUT2D eigenvalue weighted by Gasteiger charge is -2.17. The standard InChI is InChI=1S/C40H78N2/c1-5-8-11-14-17-19-20-21-23-26-29-32-35-39(34-31-28-24-16-13-10-7-3)40-41-36-37-42(40)38(4)33-30-27-25-22-18-15-12-9-6-2/h36-39H,5-35H2,1-4H3/p+1. The summed E-state index contributed by atoms with van der Waals surface area (Å²) >= 11 is 0. The van der Waals surface area contributed by atoms with Gasteiger partial charge in [0.1, 0.15) is 12.4 Å². The molecule has 248 valence electrons. The number of rotatable bonds is 33. The van der Waals surface area contributed by atoms with E-state index in [1.54, 1.807) is 0 Å². The van der Waals surface area contributed by atoms with Crippen molar-refractivity contribution in [3.63, 3.8) is 0 Å². The first-order valence-corrected chi connectivity index (χ1v) is 19.8. The summed E-state index contributed by atoms with van der Waals surface area (Å²) in [4.78, 5) is 3.75. The van der Waals surface area contributed by atoms with E-state index in [1.807, 2.05) is 0 Å². The van der Waals surface area contributed by atoms with Gasteiger partial charge in [0, 0.05) is 0 Å². The maximum atomic E-state index is 3.75. The second-order valence-electron chi connectivity index (χ2n) is 14.0. The van der Waals surface area contributed by atoms with Crippen molar-refractivity contribution in [1.29, 1.82) is 0 Å². The minimum Gasteiger partial charge on any atom is -0.247 e. The van der Waals surface area contributed by atoms with Gasteiger partial charge in [-0.3, -0.25) is 0 Å². The molecule has 0 saturated heterocycles. The van der Waals surface area contributed by atoms with Crippen LogP contribution in [0, 0.1) is 0 Å². The molecule has 1 heterocycles. The highest BCUT2D eigenvalue weighted by Gasteiger charge is 2.25. The van der Waals surface area contributed by atoms with Crippen LogP contribution in [-0.4, -0.2) is 4.98 Å². The highest BCUT2D eigenvalue weighted by Crippen LogP contribution is 2.27. The Morgan fingerprint density at radius 3 is 1.12 bits per heavy atom. The fraction of sp³-hybridized carbons (Fsp3) is 0.925. The first-order valence-electron chi connectivity index (χ1n) is 19.8. The summed E-state index contributed by atoms with van der Waals surface area (Å²) in [5.74, 6) is 2.25. The Labute approximate surface area is 266 Å². The molecule has 0 aliphatic carbocycles. The molecule has 1 rings (SSSR count). The van der Waals surface area contributed by atoms with E-state index >= 15 is 0 Å². The largest absolute Gasteiger partial charge is 0.257 e. The van der Waals surface area contributed by atoms with E-state index < -0.39 is 0 Å². The topological polar surface area (TPSA) is 19.7 Å². The van der Waals surface area contributed by atoms with Crippen molar-refractivity contribution in [1.82, 2.24) is 4.98 Å². The average Bonchev–Trinajstić information content (AvgIpc) is 3.49. The van der Waals surface area contributed by atoms with E-state index in [4.69, 9.17) is 0 Å². The quantitative estimate of drug-likeness (QED) is 0.0623.